The molecule has 0 bridgehead atoms. The zero-order valence-electron chi connectivity index (χ0n) is 10.7. The molecule has 3 nitrogen and oxygen atoms in total. The van der Waals surface area contributed by atoms with E-state index in [1.165, 1.54) is 29.5 Å². The molecular formula is C14H19N3S. The Hall–Kier alpha value is -1.13. The first-order chi connectivity index (χ1) is 8.84. The summed E-state index contributed by atoms with van der Waals surface area (Å²) in [6.45, 7) is 3.42. The zero-order chi connectivity index (χ0) is 12.4. The molecular weight excluding hydrogens is 242 g/mol. The highest BCUT2D eigenvalue weighted by Gasteiger charge is 2.17. The lowest BCUT2D eigenvalue weighted by molar-refractivity contribution is 0.381. The predicted octanol–water partition coefficient (Wildman–Crippen LogP) is 2.73. The summed E-state index contributed by atoms with van der Waals surface area (Å²) in [6.07, 6.45) is 2.63. The van der Waals surface area contributed by atoms with E-state index in [9.17, 15) is 0 Å². The molecule has 2 aromatic rings. The minimum Gasteiger partial charge on any atom is -0.358 e. The second kappa shape index (κ2) is 5.24. The van der Waals surface area contributed by atoms with E-state index in [0.29, 0.717) is 0 Å². The Balaban J connectivity index is 1.76. The molecule has 0 aliphatic carbocycles. The molecule has 1 N–H and O–H groups in total. The van der Waals surface area contributed by atoms with E-state index in [1.54, 1.807) is 11.5 Å². The molecule has 1 fully saturated rings. The second-order valence-corrected chi connectivity index (χ2v) is 5.90. The number of benzene rings is 1. The maximum atomic E-state index is 4.61. The van der Waals surface area contributed by atoms with Crippen molar-refractivity contribution in [3.8, 4) is 0 Å². The van der Waals surface area contributed by atoms with Gasteiger partial charge < -0.3 is 10.2 Å². The topological polar surface area (TPSA) is 28.2 Å². The number of rotatable bonds is 3. The molecule has 0 spiro atoms. The lowest BCUT2D eigenvalue weighted by atomic mass is 9.99. The molecule has 18 heavy (non-hydrogen) atoms. The molecule has 1 saturated heterocycles. The first-order valence-corrected chi connectivity index (χ1v) is 7.38. The summed E-state index contributed by atoms with van der Waals surface area (Å²) in [5, 5.41) is 4.76. The van der Waals surface area contributed by atoms with Gasteiger partial charge in [-0.05, 0) is 55.5 Å². The van der Waals surface area contributed by atoms with Crippen LogP contribution in [-0.4, -0.2) is 31.1 Å². The van der Waals surface area contributed by atoms with Gasteiger partial charge in [-0.3, -0.25) is 0 Å². The van der Waals surface area contributed by atoms with Gasteiger partial charge in [0.2, 0.25) is 0 Å². The molecule has 0 unspecified atom stereocenters. The van der Waals surface area contributed by atoms with Gasteiger partial charge in [-0.2, -0.15) is 4.37 Å². The van der Waals surface area contributed by atoms with Crippen LogP contribution in [0, 0.1) is 5.92 Å². The number of hydrogen-bond acceptors (Lipinski definition) is 4. The molecule has 96 valence electrons. The van der Waals surface area contributed by atoms with Crippen molar-refractivity contribution in [3.63, 3.8) is 0 Å². The maximum Gasteiger partial charge on any atom is 0.149 e. The quantitative estimate of drug-likeness (QED) is 0.921. The second-order valence-electron chi connectivity index (χ2n) is 5.10. The van der Waals surface area contributed by atoms with Crippen molar-refractivity contribution < 1.29 is 0 Å². The van der Waals surface area contributed by atoms with Gasteiger partial charge in [-0.25, -0.2) is 0 Å². The van der Waals surface area contributed by atoms with Crippen molar-refractivity contribution in [2.45, 2.75) is 12.8 Å². The third-order valence-corrected chi connectivity index (χ3v) is 4.47. The molecule has 4 heteroatoms. The molecule has 1 aromatic heterocycles. The predicted molar refractivity (Wildman–Crippen MR) is 78.5 cm³/mol. The number of aromatic nitrogens is 1. The van der Waals surface area contributed by atoms with Crippen molar-refractivity contribution in [3.05, 3.63) is 24.3 Å². The highest BCUT2D eigenvalue weighted by atomic mass is 32.1. The van der Waals surface area contributed by atoms with Crippen molar-refractivity contribution in [1.82, 2.24) is 9.69 Å². The van der Waals surface area contributed by atoms with Crippen molar-refractivity contribution >= 4 is 27.4 Å². The Morgan fingerprint density at radius 1 is 1.44 bits per heavy atom. The average molecular weight is 261 g/mol. The van der Waals surface area contributed by atoms with Gasteiger partial charge in [0, 0.05) is 19.0 Å². The first-order valence-electron chi connectivity index (χ1n) is 6.61. The third kappa shape index (κ3) is 2.35. The van der Waals surface area contributed by atoms with Gasteiger partial charge in [-0.15, -0.1) is 0 Å². The van der Waals surface area contributed by atoms with Crippen LogP contribution in [0.1, 0.15) is 12.8 Å². The minimum absolute atomic E-state index is 0.754. The number of anilines is 1. The summed E-state index contributed by atoms with van der Waals surface area (Å²) < 4.78 is 5.89. The molecule has 1 aromatic carbocycles. The number of fused-ring (bicyclic) bond motifs is 1. The van der Waals surface area contributed by atoms with E-state index in [-0.39, 0.29) is 0 Å². The molecule has 0 saturated carbocycles. The highest BCUT2D eigenvalue weighted by Crippen LogP contribution is 2.29. The Morgan fingerprint density at radius 3 is 3.17 bits per heavy atom. The third-order valence-electron chi connectivity index (χ3n) is 3.65. The molecule has 0 radical (unpaired) electrons. The molecule has 0 amide bonds. The van der Waals surface area contributed by atoms with Gasteiger partial charge in [0.25, 0.3) is 0 Å². The van der Waals surface area contributed by atoms with Crippen LogP contribution in [0.2, 0.25) is 0 Å². The highest BCUT2D eigenvalue weighted by molar-refractivity contribution is 7.13. The normalized spacial score (nSPS) is 20.2. The molecule has 2 heterocycles. The fourth-order valence-electron chi connectivity index (χ4n) is 2.70. The smallest absolute Gasteiger partial charge is 0.149 e. The van der Waals surface area contributed by atoms with Crippen LogP contribution >= 0.6 is 11.5 Å². The number of piperidine rings is 1. The lowest BCUT2D eigenvalue weighted by Crippen LogP contribution is -2.37. The Labute approximate surface area is 112 Å². The lowest BCUT2D eigenvalue weighted by Gasteiger charge is -2.27. The minimum atomic E-state index is 0.754. The zero-order valence-corrected chi connectivity index (χ0v) is 11.5. The van der Waals surface area contributed by atoms with Crippen LogP contribution in [0.25, 0.3) is 10.1 Å². The average Bonchev–Trinajstić information content (AvgIpc) is 2.84. The van der Waals surface area contributed by atoms with Gasteiger partial charge in [0.15, 0.2) is 0 Å². The van der Waals surface area contributed by atoms with Crippen LogP contribution in [0.5, 0.6) is 0 Å². The summed E-state index contributed by atoms with van der Waals surface area (Å²) in [7, 11) is 2.16. The molecule has 1 aliphatic heterocycles. The standard InChI is InChI=1S/C14H19N3S/c1-17(10-11-5-4-8-15-9-11)14-12-6-2-3-7-13(12)18-16-14/h2-3,6-7,11,15H,4-5,8-10H2,1H3/t11-/m0/s1. The van der Waals surface area contributed by atoms with Gasteiger partial charge in [0.05, 0.1) is 4.70 Å². The summed E-state index contributed by atoms with van der Waals surface area (Å²) in [4.78, 5) is 2.32. The fourth-order valence-corrected chi connectivity index (χ4v) is 3.52. The Morgan fingerprint density at radius 2 is 2.33 bits per heavy atom. The van der Waals surface area contributed by atoms with Crippen LogP contribution < -0.4 is 10.2 Å². The fraction of sp³-hybridized carbons (Fsp3) is 0.500. The molecule has 1 atom stereocenters. The summed E-state index contributed by atoms with van der Waals surface area (Å²) in [5.74, 6) is 1.89. The summed E-state index contributed by atoms with van der Waals surface area (Å²) in [5.41, 5.74) is 0. The largest absolute Gasteiger partial charge is 0.358 e. The van der Waals surface area contributed by atoms with Gasteiger partial charge >= 0.3 is 0 Å². The van der Waals surface area contributed by atoms with E-state index < -0.39 is 0 Å². The molecule has 1 aliphatic rings. The van der Waals surface area contributed by atoms with E-state index in [0.717, 1.165) is 24.8 Å². The summed E-state index contributed by atoms with van der Waals surface area (Å²) >= 11 is 1.60. The maximum absolute atomic E-state index is 4.61. The van der Waals surface area contributed by atoms with Crippen LogP contribution in [0.3, 0.4) is 0 Å². The van der Waals surface area contributed by atoms with E-state index in [2.05, 4.69) is 45.9 Å². The number of hydrogen-bond donors (Lipinski definition) is 1. The Bertz CT molecular complexity index is 516. The van der Waals surface area contributed by atoms with Crippen molar-refractivity contribution in [2.24, 2.45) is 5.92 Å². The number of nitrogens with zero attached hydrogens (tertiary/aromatic N) is 2. The van der Waals surface area contributed by atoms with Gasteiger partial charge in [0.1, 0.15) is 5.82 Å². The number of nitrogens with one attached hydrogen (secondary N) is 1. The SMILES string of the molecule is CN(C[C@H]1CCCNC1)c1nsc2ccccc12. The van der Waals surface area contributed by atoms with E-state index in [4.69, 9.17) is 0 Å². The van der Waals surface area contributed by atoms with E-state index in [1.807, 2.05) is 0 Å². The molecule has 3 rings (SSSR count). The van der Waals surface area contributed by atoms with Crippen LogP contribution in [0.4, 0.5) is 5.82 Å². The first kappa shape index (κ1) is 11.9. The monoisotopic (exact) mass is 261 g/mol. The van der Waals surface area contributed by atoms with Gasteiger partial charge in [-0.1, -0.05) is 12.1 Å². The van der Waals surface area contributed by atoms with Crippen molar-refractivity contribution in [1.29, 1.82) is 0 Å². The Kier molecular flexibility index (Phi) is 3.48. The van der Waals surface area contributed by atoms with E-state index >= 15 is 0 Å². The summed E-state index contributed by atoms with van der Waals surface area (Å²) in [6, 6.07) is 8.49. The van der Waals surface area contributed by atoms with Crippen LogP contribution in [-0.2, 0) is 0 Å². The van der Waals surface area contributed by atoms with Crippen LogP contribution in [0.15, 0.2) is 24.3 Å². The van der Waals surface area contributed by atoms with Crippen molar-refractivity contribution in [2.75, 3.05) is 31.6 Å².